The zero-order chi connectivity index (χ0) is 20.5. The van der Waals surface area contributed by atoms with Crippen LogP contribution in [0.4, 0.5) is 11.4 Å². The Hall–Kier alpha value is -3.31. The number of hydrogen-bond donors (Lipinski definition) is 2. The van der Waals surface area contributed by atoms with Gasteiger partial charge in [0.05, 0.1) is 6.61 Å². The molecule has 5 heteroatoms. The fraction of sp³-hybridized carbons (Fsp3) is 0.208. The summed E-state index contributed by atoms with van der Waals surface area (Å²) in [5, 5.41) is 6.32. The average molecular weight is 390 g/mol. The zero-order valence-electron chi connectivity index (χ0n) is 16.7. The van der Waals surface area contributed by atoms with Crippen molar-refractivity contribution in [3.8, 4) is 5.75 Å². The van der Waals surface area contributed by atoms with Crippen LogP contribution >= 0.6 is 0 Å². The Balaban J connectivity index is 1.73. The molecule has 5 nitrogen and oxygen atoms in total. The Morgan fingerprint density at radius 1 is 0.862 bits per heavy atom. The van der Waals surface area contributed by atoms with Crippen LogP contribution in [0.15, 0.2) is 78.9 Å². The zero-order valence-corrected chi connectivity index (χ0v) is 16.7. The molecule has 0 bridgehead atoms. The molecule has 0 saturated heterocycles. The lowest BCUT2D eigenvalue weighted by molar-refractivity contribution is -0.117. The van der Waals surface area contributed by atoms with Crippen molar-refractivity contribution in [2.24, 2.45) is 0 Å². The molecule has 1 atom stereocenters. The van der Waals surface area contributed by atoms with Gasteiger partial charge in [-0.05, 0) is 48.9 Å². The first-order valence-corrected chi connectivity index (χ1v) is 9.56. The summed E-state index contributed by atoms with van der Waals surface area (Å²) in [6, 6.07) is 24.4. The van der Waals surface area contributed by atoms with E-state index in [1.807, 2.05) is 85.8 Å². The van der Waals surface area contributed by atoms with E-state index < -0.39 is 6.04 Å². The second-order valence-electron chi connectivity index (χ2n) is 6.71. The highest BCUT2D eigenvalue weighted by molar-refractivity contribution is 5.97. The van der Waals surface area contributed by atoms with Crippen molar-refractivity contribution < 1.29 is 14.3 Å². The highest BCUT2D eigenvalue weighted by Crippen LogP contribution is 2.23. The van der Waals surface area contributed by atoms with Crippen molar-refractivity contribution in [2.75, 3.05) is 31.0 Å². The van der Waals surface area contributed by atoms with E-state index >= 15 is 0 Å². The van der Waals surface area contributed by atoms with E-state index in [0.717, 1.165) is 28.3 Å². The summed E-state index contributed by atoms with van der Waals surface area (Å²) < 4.78 is 10.6. The Kier molecular flexibility index (Phi) is 7.25. The highest BCUT2D eigenvalue weighted by Gasteiger charge is 2.20. The summed E-state index contributed by atoms with van der Waals surface area (Å²) in [7, 11) is 1.64. The molecule has 0 aliphatic heterocycles. The van der Waals surface area contributed by atoms with E-state index in [0.29, 0.717) is 13.2 Å². The smallest absolute Gasteiger partial charge is 0.251 e. The Bertz CT molecular complexity index is 894. The third-order valence-electron chi connectivity index (χ3n) is 4.44. The van der Waals surface area contributed by atoms with Crippen LogP contribution in [0.1, 0.15) is 17.2 Å². The van der Waals surface area contributed by atoms with E-state index in [1.54, 1.807) is 7.11 Å². The molecular weight excluding hydrogens is 364 g/mol. The highest BCUT2D eigenvalue weighted by atomic mass is 16.5. The third-order valence-corrected chi connectivity index (χ3v) is 4.44. The van der Waals surface area contributed by atoms with Crippen molar-refractivity contribution in [1.29, 1.82) is 0 Å². The molecule has 0 saturated carbocycles. The standard InChI is InChI=1S/C24H26N2O3/c1-18-8-10-21(11-9-18)26-24(27)23(19-6-4-3-5-7-19)25-20-12-14-22(15-13-20)29-17-16-28-2/h3-15,23,25H,16-17H2,1-2H3,(H,26,27). The summed E-state index contributed by atoms with van der Waals surface area (Å²) in [4.78, 5) is 13.0. The number of carbonyl (C=O) groups is 1. The van der Waals surface area contributed by atoms with Crippen LogP contribution in [0.3, 0.4) is 0 Å². The van der Waals surface area contributed by atoms with Gasteiger partial charge in [0.15, 0.2) is 0 Å². The fourth-order valence-corrected chi connectivity index (χ4v) is 2.85. The quantitative estimate of drug-likeness (QED) is 0.515. The molecule has 0 aromatic heterocycles. The lowest BCUT2D eigenvalue weighted by atomic mass is 10.1. The number of aryl methyl sites for hydroxylation is 1. The van der Waals surface area contributed by atoms with Gasteiger partial charge in [0.25, 0.3) is 5.91 Å². The fourth-order valence-electron chi connectivity index (χ4n) is 2.85. The van der Waals surface area contributed by atoms with Gasteiger partial charge in [-0.2, -0.15) is 0 Å². The number of ether oxygens (including phenoxy) is 2. The number of anilines is 2. The number of rotatable bonds is 9. The number of hydrogen-bond acceptors (Lipinski definition) is 4. The van der Waals surface area contributed by atoms with E-state index in [1.165, 1.54) is 0 Å². The maximum absolute atomic E-state index is 13.0. The molecule has 3 aromatic carbocycles. The molecule has 0 radical (unpaired) electrons. The maximum Gasteiger partial charge on any atom is 0.251 e. The molecule has 150 valence electrons. The van der Waals surface area contributed by atoms with Crippen molar-refractivity contribution >= 4 is 17.3 Å². The van der Waals surface area contributed by atoms with E-state index in [4.69, 9.17) is 9.47 Å². The minimum absolute atomic E-state index is 0.125. The van der Waals surface area contributed by atoms with Crippen LogP contribution in [-0.4, -0.2) is 26.2 Å². The minimum Gasteiger partial charge on any atom is -0.491 e. The molecule has 0 aliphatic rings. The lowest BCUT2D eigenvalue weighted by Crippen LogP contribution is -2.27. The second kappa shape index (κ2) is 10.3. The predicted octanol–water partition coefficient (Wildman–Crippen LogP) is 4.81. The minimum atomic E-state index is -0.530. The molecule has 1 unspecified atom stereocenters. The van der Waals surface area contributed by atoms with Gasteiger partial charge < -0.3 is 20.1 Å². The molecule has 2 N–H and O–H groups in total. The largest absolute Gasteiger partial charge is 0.491 e. The molecule has 0 heterocycles. The summed E-state index contributed by atoms with van der Waals surface area (Å²) in [5.41, 5.74) is 3.63. The first-order valence-electron chi connectivity index (χ1n) is 9.56. The molecule has 3 aromatic rings. The van der Waals surface area contributed by atoms with Gasteiger partial charge in [-0.1, -0.05) is 48.0 Å². The molecular formula is C24H26N2O3. The first-order chi connectivity index (χ1) is 14.2. The van der Waals surface area contributed by atoms with E-state index in [-0.39, 0.29) is 5.91 Å². The maximum atomic E-state index is 13.0. The normalized spacial score (nSPS) is 11.5. The number of benzene rings is 3. The van der Waals surface area contributed by atoms with Gasteiger partial charge in [0.1, 0.15) is 18.4 Å². The van der Waals surface area contributed by atoms with Gasteiger partial charge in [-0.15, -0.1) is 0 Å². The topological polar surface area (TPSA) is 59.6 Å². The Morgan fingerprint density at radius 3 is 2.17 bits per heavy atom. The molecule has 29 heavy (non-hydrogen) atoms. The van der Waals surface area contributed by atoms with Gasteiger partial charge in [-0.25, -0.2) is 0 Å². The van der Waals surface area contributed by atoms with Gasteiger partial charge in [0.2, 0.25) is 0 Å². The van der Waals surface area contributed by atoms with Crippen LogP contribution < -0.4 is 15.4 Å². The summed E-state index contributed by atoms with van der Waals surface area (Å²) in [6.07, 6.45) is 0. The Labute approximate surface area is 171 Å². The van der Waals surface area contributed by atoms with Gasteiger partial charge in [0, 0.05) is 18.5 Å². The summed E-state index contributed by atoms with van der Waals surface area (Å²) in [6.45, 7) is 3.05. The number of carbonyl (C=O) groups excluding carboxylic acids is 1. The SMILES string of the molecule is COCCOc1ccc(NC(C(=O)Nc2ccc(C)cc2)c2ccccc2)cc1. The van der Waals surface area contributed by atoms with Crippen LogP contribution in [-0.2, 0) is 9.53 Å². The lowest BCUT2D eigenvalue weighted by Gasteiger charge is -2.20. The number of nitrogens with one attached hydrogen (secondary N) is 2. The summed E-state index contributed by atoms with van der Waals surface area (Å²) >= 11 is 0. The van der Waals surface area contributed by atoms with Crippen molar-refractivity contribution in [3.63, 3.8) is 0 Å². The third kappa shape index (κ3) is 6.09. The van der Waals surface area contributed by atoms with Crippen molar-refractivity contribution in [3.05, 3.63) is 90.0 Å². The summed E-state index contributed by atoms with van der Waals surface area (Å²) in [5.74, 6) is 0.633. The van der Waals surface area contributed by atoms with Crippen molar-refractivity contribution in [2.45, 2.75) is 13.0 Å². The van der Waals surface area contributed by atoms with Crippen LogP contribution in [0, 0.1) is 6.92 Å². The molecule has 1 amide bonds. The van der Waals surface area contributed by atoms with Gasteiger partial charge >= 0.3 is 0 Å². The van der Waals surface area contributed by atoms with Gasteiger partial charge in [-0.3, -0.25) is 4.79 Å². The number of amides is 1. The molecule has 0 aliphatic carbocycles. The molecule has 0 spiro atoms. The van der Waals surface area contributed by atoms with Crippen LogP contribution in [0.25, 0.3) is 0 Å². The molecule has 0 fully saturated rings. The first kappa shape index (κ1) is 20.4. The van der Waals surface area contributed by atoms with Crippen LogP contribution in [0.2, 0.25) is 0 Å². The van der Waals surface area contributed by atoms with Crippen LogP contribution in [0.5, 0.6) is 5.75 Å². The van der Waals surface area contributed by atoms with E-state index in [2.05, 4.69) is 10.6 Å². The average Bonchev–Trinajstić information content (AvgIpc) is 2.75. The number of methoxy groups -OCH3 is 1. The Morgan fingerprint density at radius 2 is 1.52 bits per heavy atom. The predicted molar refractivity (Wildman–Crippen MR) is 116 cm³/mol. The second-order valence-corrected chi connectivity index (χ2v) is 6.71. The van der Waals surface area contributed by atoms with E-state index in [9.17, 15) is 4.79 Å². The monoisotopic (exact) mass is 390 g/mol. The van der Waals surface area contributed by atoms with Crippen molar-refractivity contribution in [1.82, 2.24) is 0 Å². The molecule has 3 rings (SSSR count).